The minimum atomic E-state index is 0.664. The highest BCUT2D eigenvalue weighted by Gasteiger charge is 2.31. The Morgan fingerprint density at radius 3 is 2.57 bits per heavy atom. The van der Waals surface area contributed by atoms with Gasteiger partial charge >= 0.3 is 0 Å². The molecule has 4 rings (SSSR count). The van der Waals surface area contributed by atoms with Gasteiger partial charge < -0.3 is 15.0 Å². The summed E-state index contributed by atoms with van der Waals surface area (Å²) in [5.41, 5.74) is 0. The standard InChI is InChI=1S/C22H41N5O/c1-23-22(27-11-9-21(18-27)25-12-14-28-15-13-25)24-16-20-8-5-10-26(20)17-19-6-3-2-4-7-19/h19-21H,2-18H2,1H3,(H,23,24). The van der Waals surface area contributed by atoms with E-state index in [2.05, 4.69) is 25.0 Å². The molecule has 1 aliphatic carbocycles. The van der Waals surface area contributed by atoms with Crippen molar-refractivity contribution in [3.63, 3.8) is 0 Å². The monoisotopic (exact) mass is 391 g/mol. The van der Waals surface area contributed by atoms with Crippen molar-refractivity contribution in [2.75, 3.05) is 66.1 Å². The van der Waals surface area contributed by atoms with Crippen LogP contribution in [0.15, 0.2) is 4.99 Å². The zero-order valence-corrected chi connectivity index (χ0v) is 17.9. The van der Waals surface area contributed by atoms with E-state index in [1.165, 1.54) is 64.5 Å². The smallest absolute Gasteiger partial charge is 0.193 e. The van der Waals surface area contributed by atoms with Crippen LogP contribution in [0, 0.1) is 5.92 Å². The molecule has 1 N–H and O–H groups in total. The first-order valence-electron chi connectivity index (χ1n) is 11.8. The van der Waals surface area contributed by atoms with Crippen LogP contribution < -0.4 is 5.32 Å². The molecule has 160 valence electrons. The highest BCUT2D eigenvalue weighted by molar-refractivity contribution is 5.80. The third kappa shape index (κ3) is 5.19. The first-order valence-corrected chi connectivity index (χ1v) is 11.8. The fourth-order valence-electron chi connectivity index (χ4n) is 5.78. The molecule has 2 atom stereocenters. The number of likely N-dealkylation sites (tertiary alicyclic amines) is 2. The first-order chi connectivity index (χ1) is 13.8. The van der Waals surface area contributed by atoms with Gasteiger partial charge in [0.2, 0.25) is 0 Å². The summed E-state index contributed by atoms with van der Waals surface area (Å²) in [6, 6.07) is 1.35. The van der Waals surface area contributed by atoms with E-state index in [4.69, 9.17) is 4.74 Å². The number of aliphatic imine (C=N–C) groups is 1. The van der Waals surface area contributed by atoms with E-state index < -0.39 is 0 Å². The van der Waals surface area contributed by atoms with Crippen molar-refractivity contribution >= 4 is 5.96 Å². The van der Waals surface area contributed by atoms with E-state index in [1.807, 2.05) is 7.05 Å². The number of hydrogen-bond acceptors (Lipinski definition) is 4. The Kier molecular flexibility index (Phi) is 7.48. The second-order valence-electron chi connectivity index (χ2n) is 9.26. The Morgan fingerprint density at radius 1 is 0.964 bits per heavy atom. The number of nitrogens with zero attached hydrogens (tertiary/aromatic N) is 4. The molecule has 0 aromatic carbocycles. The number of nitrogens with one attached hydrogen (secondary N) is 1. The topological polar surface area (TPSA) is 43.3 Å². The van der Waals surface area contributed by atoms with Gasteiger partial charge in [-0.25, -0.2) is 0 Å². The highest BCUT2D eigenvalue weighted by atomic mass is 16.5. The van der Waals surface area contributed by atoms with Crippen molar-refractivity contribution in [3.8, 4) is 0 Å². The number of guanidine groups is 1. The van der Waals surface area contributed by atoms with Crippen molar-refractivity contribution in [2.24, 2.45) is 10.9 Å². The van der Waals surface area contributed by atoms with Gasteiger partial charge in [-0.05, 0) is 44.6 Å². The van der Waals surface area contributed by atoms with Gasteiger partial charge in [0.05, 0.1) is 13.2 Å². The predicted octanol–water partition coefficient (Wildman–Crippen LogP) is 2.01. The van der Waals surface area contributed by atoms with Crippen molar-refractivity contribution in [1.29, 1.82) is 0 Å². The third-order valence-corrected chi connectivity index (χ3v) is 7.45. The van der Waals surface area contributed by atoms with Gasteiger partial charge in [0, 0.05) is 58.4 Å². The van der Waals surface area contributed by atoms with E-state index in [0.717, 1.165) is 57.8 Å². The molecular formula is C22H41N5O. The number of hydrogen-bond donors (Lipinski definition) is 1. The summed E-state index contributed by atoms with van der Waals surface area (Å²) < 4.78 is 5.52. The number of rotatable bonds is 5. The molecule has 6 nitrogen and oxygen atoms in total. The van der Waals surface area contributed by atoms with Crippen molar-refractivity contribution in [1.82, 2.24) is 20.0 Å². The van der Waals surface area contributed by atoms with E-state index in [9.17, 15) is 0 Å². The summed E-state index contributed by atoms with van der Waals surface area (Å²) >= 11 is 0. The Bertz CT molecular complexity index is 501. The number of ether oxygens (including phenoxy) is 1. The lowest BCUT2D eigenvalue weighted by Crippen LogP contribution is -2.49. The highest BCUT2D eigenvalue weighted by Crippen LogP contribution is 2.27. The van der Waals surface area contributed by atoms with Crippen LogP contribution in [0.5, 0.6) is 0 Å². The Labute approximate surface area is 171 Å². The van der Waals surface area contributed by atoms with Crippen LogP contribution in [0.2, 0.25) is 0 Å². The minimum Gasteiger partial charge on any atom is -0.379 e. The summed E-state index contributed by atoms with van der Waals surface area (Å²) in [6.07, 6.45) is 11.2. The first kappa shape index (κ1) is 20.4. The molecule has 0 aromatic rings. The zero-order valence-electron chi connectivity index (χ0n) is 17.9. The normalized spacial score (nSPS) is 31.6. The van der Waals surface area contributed by atoms with Gasteiger partial charge in [-0.1, -0.05) is 19.3 Å². The molecule has 0 amide bonds. The summed E-state index contributed by atoms with van der Waals surface area (Å²) in [4.78, 5) is 12.5. The summed E-state index contributed by atoms with van der Waals surface area (Å²) in [6.45, 7) is 9.86. The molecule has 3 heterocycles. The van der Waals surface area contributed by atoms with Crippen LogP contribution in [-0.4, -0.2) is 98.8 Å². The average Bonchev–Trinajstić information content (AvgIpc) is 3.40. The fourth-order valence-corrected chi connectivity index (χ4v) is 5.78. The maximum atomic E-state index is 5.52. The number of morpholine rings is 1. The Hall–Kier alpha value is -0.850. The largest absolute Gasteiger partial charge is 0.379 e. The summed E-state index contributed by atoms with van der Waals surface area (Å²) in [5, 5.41) is 3.74. The van der Waals surface area contributed by atoms with Crippen LogP contribution >= 0.6 is 0 Å². The van der Waals surface area contributed by atoms with Gasteiger partial charge in [0.15, 0.2) is 5.96 Å². The maximum absolute atomic E-state index is 5.52. The predicted molar refractivity (Wildman–Crippen MR) is 115 cm³/mol. The van der Waals surface area contributed by atoms with Crippen LogP contribution in [0.25, 0.3) is 0 Å². The maximum Gasteiger partial charge on any atom is 0.193 e. The fraction of sp³-hybridized carbons (Fsp3) is 0.955. The Morgan fingerprint density at radius 2 is 1.79 bits per heavy atom. The Balaban J connectivity index is 1.23. The van der Waals surface area contributed by atoms with Gasteiger partial charge in [0.1, 0.15) is 0 Å². The lowest BCUT2D eigenvalue weighted by molar-refractivity contribution is 0.0194. The molecule has 0 aromatic heterocycles. The molecule has 1 saturated carbocycles. The lowest BCUT2D eigenvalue weighted by Gasteiger charge is -2.33. The minimum absolute atomic E-state index is 0.664. The second kappa shape index (κ2) is 10.3. The van der Waals surface area contributed by atoms with Crippen LogP contribution in [0.3, 0.4) is 0 Å². The second-order valence-corrected chi connectivity index (χ2v) is 9.26. The molecule has 2 unspecified atom stereocenters. The van der Waals surface area contributed by atoms with Crippen LogP contribution in [0.1, 0.15) is 51.4 Å². The molecule has 0 radical (unpaired) electrons. The van der Waals surface area contributed by atoms with Gasteiger partial charge in [-0.15, -0.1) is 0 Å². The molecule has 0 spiro atoms. The van der Waals surface area contributed by atoms with E-state index in [0.29, 0.717) is 12.1 Å². The van der Waals surface area contributed by atoms with Crippen LogP contribution in [0.4, 0.5) is 0 Å². The van der Waals surface area contributed by atoms with Gasteiger partial charge in [-0.2, -0.15) is 0 Å². The van der Waals surface area contributed by atoms with Crippen molar-refractivity contribution < 1.29 is 4.74 Å². The van der Waals surface area contributed by atoms with Crippen molar-refractivity contribution in [2.45, 2.75) is 63.5 Å². The van der Waals surface area contributed by atoms with E-state index in [-0.39, 0.29) is 0 Å². The molecule has 4 fully saturated rings. The van der Waals surface area contributed by atoms with E-state index in [1.54, 1.807) is 0 Å². The molecule has 28 heavy (non-hydrogen) atoms. The molecule has 0 bridgehead atoms. The van der Waals surface area contributed by atoms with Crippen LogP contribution in [-0.2, 0) is 4.74 Å². The molecule has 4 aliphatic rings. The lowest BCUT2D eigenvalue weighted by atomic mass is 9.89. The quantitative estimate of drug-likeness (QED) is 0.574. The molecular weight excluding hydrogens is 350 g/mol. The molecule has 3 aliphatic heterocycles. The molecule has 6 heteroatoms. The van der Waals surface area contributed by atoms with Gasteiger partial charge in [-0.3, -0.25) is 14.8 Å². The SMILES string of the molecule is CN=C(NCC1CCCN1CC1CCCCC1)N1CCC(N2CCOCC2)C1. The summed E-state index contributed by atoms with van der Waals surface area (Å²) in [7, 11) is 1.94. The van der Waals surface area contributed by atoms with Crippen molar-refractivity contribution in [3.05, 3.63) is 0 Å². The van der Waals surface area contributed by atoms with E-state index >= 15 is 0 Å². The average molecular weight is 392 g/mol. The summed E-state index contributed by atoms with van der Waals surface area (Å²) in [5.74, 6) is 2.06. The van der Waals surface area contributed by atoms with Gasteiger partial charge in [0.25, 0.3) is 0 Å². The zero-order chi connectivity index (χ0) is 19.2. The third-order valence-electron chi connectivity index (χ3n) is 7.45. The molecule has 3 saturated heterocycles.